The number of rotatable bonds is 9. The van der Waals surface area contributed by atoms with Crippen molar-refractivity contribution in [2.24, 2.45) is 5.14 Å². The molecular weight excluding hydrogens is 456 g/mol. The third kappa shape index (κ3) is 6.22. The highest BCUT2D eigenvalue weighted by Gasteiger charge is 2.19. The lowest BCUT2D eigenvalue weighted by molar-refractivity contribution is 0.0910. The van der Waals surface area contributed by atoms with Gasteiger partial charge in [-0.3, -0.25) is 4.79 Å². The molecule has 3 aromatic rings. The molecule has 170 valence electrons. The van der Waals surface area contributed by atoms with Crippen molar-refractivity contribution in [2.45, 2.75) is 29.6 Å². The maximum atomic E-state index is 12.4. The number of nitrogens with two attached hydrogens (primary N) is 1. The maximum Gasteiger partial charge on any atom is 0.315 e. The first-order chi connectivity index (χ1) is 15.0. The van der Waals surface area contributed by atoms with E-state index in [1.807, 2.05) is 6.92 Å². The maximum absolute atomic E-state index is 12.4. The Hall–Kier alpha value is -3.09. The molecule has 0 aliphatic carbocycles. The largest absolute Gasteiger partial charge is 0.347 e. The first kappa shape index (κ1) is 23.6. The molecule has 2 aromatic carbocycles. The van der Waals surface area contributed by atoms with E-state index in [0.717, 1.165) is 11.1 Å². The Labute approximate surface area is 185 Å². The van der Waals surface area contributed by atoms with Crippen LogP contribution in [-0.2, 0) is 32.7 Å². The summed E-state index contributed by atoms with van der Waals surface area (Å²) in [5, 5.41) is 11.3. The number of amides is 1. The summed E-state index contributed by atoms with van der Waals surface area (Å²) >= 11 is 0. The zero-order valence-corrected chi connectivity index (χ0v) is 18.8. The molecule has 3 rings (SSSR count). The third-order valence-corrected chi connectivity index (χ3v) is 7.25. The average Bonchev–Trinajstić information content (AvgIpc) is 3.22. The second-order valence-corrected chi connectivity index (χ2v) is 10.8. The molecule has 0 spiro atoms. The van der Waals surface area contributed by atoms with Crippen LogP contribution in [0.15, 0.2) is 62.8 Å². The lowest BCUT2D eigenvalue weighted by atomic mass is 10.1. The van der Waals surface area contributed by atoms with Gasteiger partial charge in [0, 0.05) is 13.0 Å². The van der Waals surface area contributed by atoms with Gasteiger partial charge in [0.25, 0.3) is 0 Å². The van der Waals surface area contributed by atoms with Crippen molar-refractivity contribution in [1.29, 1.82) is 0 Å². The molecule has 10 nitrogen and oxygen atoms in total. The van der Waals surface area contributed by atoms with Crippen LogP contribution >= 0.6 is 0 Å². The molecule has 1 heterocycles. The van der Waals surface area contributed by atoms with Gasteiger partial charge in [-0.2, -0.15) is 4.98 Å². The van der Waals surface area contributed by atoms with E-state index < -0.39 is 25.8 Å². The van der Waals surface area contributed by atoms with E-state index in [4.69, 9.17) is 9.66 Å². The van der Waals surface area contributed by atoms with Gasteiger partial charge in [0.2, 0.25) is 10.0 Å². The molecule has 32 heavy (non-hydrogen) atoms. The van der Waals surface area contributed by atoms with Crippen LogP contribution in [0.1, 0.15) is 27.6 Å². The van der Waals surface area contributed by atoms with E-state index in [9.17, 15) is 21.6 Å². The Morgan fingerprint density at radius 2 is 1.59 bits per heavy atom. The summed E-state index contributed by atoms with van der Waals surface area (Å²) in [7, 11) is -7.27. The summed E-state index contributed by atoms with van der Waals surface area (Å²) < 4.78 is 52.2. The topological polar surface area (TPSA) is 162 Å². The van der Waals surface area contributed by atoms with E-state index in [-0.39, 0.29) is 40.2 Å². The summed E-state index contributed by atoms with van der Waals surface area (Å²) in [5.74, 6) is -0.960. The van der Waals surface area contributed by atoms with Gasteiger partial charge < -0.3 is 9.84 Å². The summed E-state index contributed by atoms with van der Waals surface area (Å²) in [5.41, 5.74) is 1.75. The van der Waals surface area contributed by atoms with Crippen LogP contribution in [0.3, 0.4) is 0 Å². The van der Waals surface area contributed by atoms with Crippen molar-refractivity contribution in [1.82, 2.24) is 15.5 Å². The van der Waals surface area contributed by atoms with E-state index >= 15 is 0 Å². The van der Waals surface area contributed by atoms with Gasteiger partial charge in [0.05, 0.1) is 15.5 Å². The predicted octanol–water partition coefficient (Wildman–Crippen LogP) is 1.01. The minimum Gasteiger partial charge on any atom is -0.347 e. The molecule has 0 fully saturated rings. The second kappa shape index (κ2) is 9.59. The molecule has 0 atom stereocenters. The second-order valence-electron chi connectivity index (χ2n) is 7.09. The molecule has 0 aliphatic rings. The zero-order chi connectivity index (χ0) is 23.4. The molecule has 0 unspecified atom stereocenters. The summed E-state index contributed by atoms with van der Waals surface area (Å²) in [6, 6.07) is 12.5. The van der Waals surface area contributed by atoms with Crippen LogP contribution in [0.4, 0.5) is 0 Å². The minimum atomic E-state index is -3.75. The van der Waals surface area contributed by atoms with E-state index in [1.54, 1.807) is 36.4 Å². The molecule has 0 saturated heterocycles. The number of hydrogen-bond donors (Lipinski definition) is 2. The molecule has 3 N–H and O–H groups in total. The Morgan fingerprint density at radius 1 is 0.969 bits per heavy atom. The highest BCUT2D eigenvalue weighted by molar-refractivity contribution is 7.91. The predicted molar refractivity (Wildman–Crippen MR) is 115 cm³/mol. The number of hydrogen-bond acceptors (Lipinski definition) is 8. The minimum absolute atomic E-state index is 0.00336. The lowest BCUT2D eigenvalue weighted by Crippen LogP contribution is -2.26. The van der Waals surface area contributed by atoms with Crippen molar-refractivity contribution in [3.8, 4) is 0 Å². The molecule has 0 aliphatic heterocycles. The fourth-order valence-corrected chi connectivity index (χ4v) is 4.53. The van der Waals surface area contributed by atoms with Crippen molar-refractivity contribution >= 4 is 25.8 Å². The molecule has 0 radical (unpaired) electrons. The van der Waals surface area contributed by atoms with Crippen molar-refractivity contribution in [3.05, 3.63) is 71.4 Å². The standard InChI is InChI=1S/C20H22N4O6S2/c1-14-2-6-16(7-3-14)31(26,27)13-11-18-23-20(30-24-18)19(25)22-12-10-15-4-8-17(9-5-15)32(21,28)29/h2-9H,10-13H2,1H3,(H,22,25)(H2,21,28,29). The smallest absolute Gasteiger partial charge is 0.315 e. The van der Waals surface area contributed by atoms with Crippen LogP contribution in [0, 0.1) is 6.92 Å². The normalized spacial score (nSPS) is 11.9. The van der Waals surface area contributed by atoms with Gasteiger partial charge in [-0.15, -0.1) is 0 Å². The SMILES string of the molecule is Cc1ccc(S(=O)(=O)CCc2noc(C(=O)NCCc3ccc(S(N)(=O)=O)cc3)n2)cc1. The molecular formula is C20H22N4O6S2. The van der Waals surface area contributed by atoms with Crippen LogP contribution in [0.5, 0.6) is 0 Å². The van der Waals surface area contributed by atoms with E-state index in [1.165, 1.54) is 12.1 Å². The van der Waals surface area contributed by atoms with Crippen LogP contribution in [0.25, 0.3) is 0 Å². The quantitative estimate of drug-likeness (QED) is 0.460. The summed E-state index contributed by atoms with van der Waals surface area (Å²) in [6.07, 6.45) is 0.440. The number of primary sulfonamides is 1. The van der Waals surface area contributed by atoms with Crippen LogP contribution in [-0.4, -0.2) is 45.2 Å². The molecule has 0 bridgehead atoms. The van der Waals surface area contributed by atoms with Crippen molar-refractivity contribution < 1.29 is 26.2 Å². The van der Waals surface area contributed by atoms with Gasteiger partial charge in [0.1, 0.15) is 0 Å². The zero-order valence-electron chi connectivity index (χ0n) is 17.2. The molecule has 1 aromatic heterocycles. The van der Waals surface area contributed by atoms with E-state index in [0.29, 0.717) is 6.42 Å². The number of aromatic nitrogens is 2. The number of nitrogens with one attached hydrogen (secondary N) is 1. The Balaban J connectivity index is 1.50. The Morgan fingerprint density at radius 3 is 2.22 bits per heavy atom. The molecule has 1 amide bonds. The summed E-state index contributed by atoms with van der Waals surface area (Å²) in [6.45, 7) is 2.11. The lowest BCUT2D eigenvalue weighted by Gasteiger charge is -2.04. The van der Waals surface area contributed by atoms with Gasteiger partial charge in [-0.25, -0.2) is 22.0 Å². The van der Waals surface area contributed by atoms with Gasteiger partial charge in [-0.05, 0) is 43.2 Å². The molecule has 12 heteroatoms. The average molecular weight is 479 g/mol. The van der Waals surface area contributed by atoms with E-state index in [2.05, 4.69) is 15.5 Å². The highest BCUT2D eigenvalue weighted by atomic mass is 32.2. The monoisotopic (exact) mass is 478 g/mol. The first-order valence-corrected chi connectivity index (χ1v) is 12.8. The number of sulfone groups is 1. The first-order valence-electron chi connectivity index (χ1n) is 9.56. The Bertz CT molecular complexity index is 1300. The number of nitrogens with zero attached hydrogens (tertiary/aromatic N) is 2. The highest BCUT2D eigenvalue weighted by Crippen LogP contribution is 2.13. The molecule has 0 saturated carbocycles. The number of carbonyl (C=O) groups excluding carboxylic acids is 1. The summed E-state index contributed by atoms with van der Waals surface area (Å²) in [4.78, 5) is 16.3. The number of benzene rings is 2. The number of carbonyl (C=O) groups is 1. The fourth-order valence-electron chi connectivity index (χ4n) is 2.78. The van der Waals surface area contributed by atoms with Crippen molar-refractivity contribution in [2.75, 3.05) is 12.3 Å². The van der Waals surface area contributed by atoms with Gasteiger partial charge in [-0.1, -0.05) is 35.0 Å². The number of aryl methyl sites for hydroxylation is 2. The third-order valence-electron chi connectivity index (χ3n) is 4.59. The van der Waals surface area contributed by atoms with Crippen LogP contribution < -0.4 is 10.5 Å². The fraction of sp³-hybridized carbons (Fsp3) is 0.250. The van der Waals surface area contributed by atoms with Gasteiger partial charge in [0.15, 0.2) is 15.7 Å². The van der Waals surface area contributed by atoms with Gasteiger partial charge >= 0.3 is 11.8 Å². The van der Waals surface area contributed by atoms with Crippen molar-refractivity contribution in [3.63, 3.8) is 0 Å². The Kier molecular flexibility index (Phi) is 7.06. The van der Waals surface area contributed by atoms with Crippen LogP contribution in [0.2, 0.25) is 0 Å². The number of sulfonamides is 1.